The Hall–Kier alpha value is -2.92. The minimum Gasteiger partial charge on any atom is -0.452 e. The number of esters is 1. The molecule has 6 heteroatoms. The summed E-state index contributed by atoms with van der Waals surface area (Å²) in [7, 11) is 0. The lowest BCUT2D eigenvalue weighted by Gasteiger charge is -2.15. The molecule has 0 fully saturated rings. The van der Waals surface area contributed by atoms with Gasteiger partial charge in [0.25, 0.3) is 5.91 Å². The van der Waals surface area contributed by atoms with E-state index in [1.165, 1.54) is 6.07 Å². The van der Waals surface area contributed by atoms with Crippen molar-refractivity contribution in [2.45, 2.75) is 26.2 Å². The number of ether oxygens (including phenoxy) is 1. The first kappa shape index (κ1) is 19.8. The fourth-order valence-electron chi connectivity index (χ4n) is 2.97. The molecule has 0 radical (unpaired) electrons. The Labute approximate surface area is 168 Å². The summed E-state index contributed by atoms with van der Waals surface area (Å²) in [6, 6.07) is 16.2. The van der Waals surface area contributed by atoms with Gasteiger partial charge in [-0.05, 0) is 36.1 Å². The maximum Gasteiger partial charge on any atom is 0.339 e. The number of aromatic nitrogens is 1. The lowest BCUT2D eigenvalue weighted by molar-refractivity contribution is -0.119. The summed E-state index contributed by atoms with van der Waals surface area (Å²) in [6.45, 7) is 3.81. The number of carbonyl (C=O) groups is 2. The van der Waals surface area contributed by atoms with Crippen molar-refractivity contribution < 1.29 is 14.3 Å². The van der Waals surface area contributed by atoms with Gasteiger partial charge in [0.2, 0.25) is 0 Å². The Morgan fingerprint density at radius 3 is 2.64 bits per heavy atom. The van der Waals surface area contributed by atoms with Crippen LogP contribution in [0.5, 0.6) is 0 Å². The monoisotopic (exact) mass is 396 g/mol. The van der Waals surface area contributed by atoms with E-state index in [0.717, 1.165) is 17.7 Å². The summed E-state index contributed by atoms with van der Waals surface area (Å²) < 4.78 is 5.21. The SMILES string of the molecule is CC[C@H](C)c1ccccc1NC(=O)COC(=O)c1cc(Cl)nc2ccccc12. The normalized spacial score (nSPS) is 11.8. The van der Waals surface area contributed by atoms with E-state index in [1.54, 1.807) is 18.2 Å². The van der Waals surface area contributed by atoms with E-state index in [-0.39, 0.29) is 17.3 Å². The van der Waals surface area contributed by atoms with E-state index in [2.05, 4.69) is 24.1 Å². The van der Waals surface area contributed by atoms with Crippen molar-refractivity contribution in [3.8, 4) is 0 Å². The van der Waals surface area contributed by atoms with Gasteiger partial charge >= 0.3 is 5.97 Å². The van der Waals surface area contributed by atoms with Crippen LogP contribution in [-0.4, -0.2) is 23.5 Å². The molecule has 0 aliphatic rings. The molecule has 1 atom stereocenters. The number of pyridine rings is 1. The number of para-hydroxylation sites is 2. The molecule has 1 N–H and O–H groups in total. The number of nitrogens with zero attached hydrogens (tertiary/aromatic N) is 1. The third kappa shape index (κ3) is 4.49. The zero-order valence-electron chi connectivity index (χ0n) is 15.7. The summed E-state index contributed by atoms with van der Waals surface area (Å²) in [5.41, 5.74) is 2.66. The summed E-state index contributed by atoms with van der Waals surface area (Å²) in [5, 5.41) is 3.64. The highest BCUT2D eigenvalue weighted by molar-refractivity contribution is 6.30. The number of hydrogen-bond acceptors (Lipinski definition) is 4. The fourth-order valence-corrected chi connectivity index (χ4v) is 3.17. The van der Waals surface area contributed by atoms with Gasteiger partial charge < -0.3 is 10.1 Å². The van der Waals surface area contributed by atoms with Gasteiger partial charge in [-0.1, -0.05) is 61.8 Å². The summed E-state index contributed by atoms with van der Waals surface area (Å²) in [4.78, 5) is 29.0. The molecule has 0 saturated heterocycles. The lowest BCUT2D eigenvalue weighted by Crippen LogP contribution is -2.22. The number of benzene rings is 2. The van der Waals surface area contributed by atoms with Gasteiger partial charge in [-0.3, -0.25) is 4.79 Å². The topological polar surface area (TPSA) is 68.3 Å². The van der Waals surface area contributed by atoms with Gasteiger partial charge in [0.05, 0.1) is 11.1 Å². The number of anilines is 1. The molecule has 0 aliphatic carbocycles. The smallest absolute Gasteiger partial charge is 0.339 e. The molecule has 1 amide bonds. The highest BCUT2D eigenvalue weighted by Crippen LogP contribution is 2.26. The largest absolute Gasteiger partial charge is 0.452 e. The first-order valence-corrected chi connectivity index (χ1v) is 9.48. The molecule has 0 aliphatic heterocycles. The van der Waals surface area contributed by atoms with Crippen LogP contribution in [0, 0.1) is 0 Å². The van der Waals surface area contributed by atoms with Gasteiger partial charge in [0.1, 0.15) is 5.15 Å². The van der Waals surface area contributed by atoms with Crippen LogP contribution in [0.4, 0.5) is 5.69 Å². The third-order valence-electron chi connectivity index (χ3n) is 4.62. The molecule has 2 aromatic carbocycles. The van der Waals surface area contributed by atoms with Crippen molar-refractivity contribution in [3.63, 3.8) is 0 Å². The highest BCUT2D eigenvalue weighted by atomic mass is 35.5. The fraction of sp³-hybridized carbons (Fsp3) is 0.227. The van der Waals surface area contributed by atoms with Gasteiger partial charge in [0, 0.05) is 11.1 Å². The Kier molecular flexibility index (Phi) is 6.26. The zero-order chi connectivity index (χ0) is 20.1. The minimum absolute atomic E-state index is 0.192. The average molecular weight is 397 g/mol. The average Bonchev–Trinajstić information content (AvgIpc) is 2.71. The molecule has 5 nitrogen and oxygen atoms in total. The molecule has 3 rings (SSSR count). The summed E-state index contributed by atoms with van der Waals surface area (Å²) in [6.07, 6.45) is 0.956. The maximum atomic E-state index is 12.5. The first-order chi connectivity index (χ1) is 13.5. The number of fused-ring (bicyclic) bond motifs is 1. The molecule has 1 heterocycles. The second-order valence-electron chi connectivity index (χ2n) is 6.53. The van der Waals surface area contributed by atoms with Crippen molar-refractivity contribution in [2.24, 2.45) is 0 Å². The van der Waals surface area contributed by atoms with Gasteiger partial charge in [0.15, 0.2) is 6.61 Å². The second kappa shape index (κ2) is 8.85. The Morgan fingerprint density at radius 1 is 1.14 bits per heavy atom. The van der Waals surface area contributed by atoms with Gasteiger partial charge in [-0.15, -0.1) is 0 Å². The molecular formula is C22H21ClN2O3. The van der Waals surface area contributed by atoms with Gasteiger partial charge in [-0.2, -0.15) is 0 Å². The molecule has 1 aromatic heterocycles. The van der Waals surface area contributed by atoms with Crippen LogP contribution in [-0.2, 0) is 9.53 Å². The predicted molar refractivity (Wildman–Crippen MR) is 111 cm³/mol. The first-order valence-electron chi connectivity index (χ1n) is 9.10. The van der Waals surface area contributed by atoms with E-state index < -0.39 is 11.9 Å². The molecule has 28 heavy (non-hydrogen) atoms. The van der Waals surface area contributed by atoms with Crippen LogP contribution in [0.15, 0.2) is 54.6 Å². The highest BCUT2D eigenvalue weighted by Gasteiger charge is 2.16. The number of carbonyl (C=O) groups excluding carboxylic acids is 2. The van der Waals surface area contributed by atoms with E-state index in [9.17, 15) is 9.59 Å². The second-order valence-corrected chi connectivity index (χ2v) is 6.92. The molecule has 0 saturated carbocycles. The quantitative estimate of drug-likeness (QED) is 0.459. The molecule has 0 bridgehead atoms. The molecule has 0 spiro atoms. The van der Waals surface area contributed by atoms with Gasteiger partial charge in [-0.25, -0.2) is 9.78 Å². The van der Waals surface area contributed by atoms with Crippen LogP contribution in [0.1, 0.15) is 42.1 Å². The van der Waals surface area contributed by atoms with Crippen molar-refractivity contribution in [3.05, 3.63) is 70.9 Å². The van der Waals surface area contributed by atoms with Crippen LogP contribution in [0.2, 0.25) is 5.15 Å². The lowest BCUT2D eigenvalue weighted by atomic mass is 9.97. The van der Waals surface area contributed by atoms with Crippen LogP contribution in [0.25, 0.3) is 10.9 Å². The predicted octanol–water partition coefficient (Wildman–Crippen LogP) is 5.20. The molecule has 3 aromatic rings. The number of halogens is 1. The van der Waals surface area contributed by atoms with Crippen LogP contribution < -0.4 is 5.32 Å². The Morgan fingerprint density at radius 2 is 1.86 bits per heavy atom. The standard InChI is InChI=1S/C22H21ClN2O3/c1-3-14(2)15-8-4-6-10-18(15)25-21(26)13-28-22(27)17-12-20(23)24-19-11-7-5-9-16(17)19/h4-12,14H,3,13H2,1-2H3,(H,25,26)/t14-/m0/s1. The zero-order valence-corrected chi connectivity index (χ0v) is 16.5. The molecule has 0 unspecified atom stereocenters. The van der Waals surface area contributed by atoms with Crippen LogP contribution in [0.3, 0.4) is 0 Å². The van der Waals surface area contributed by atoms with E-state index in [4.69, 9.17) is 16.3 Å². The summed E-state index contributed by atoms with van der Waals surface area (Å²) >= 11 is 6.00. The van der Waals surface area contributed by atoms with Crippen molar-refractivity contribution >= 4 is 40.1 Å². The third-order valence-corrected chi connectivity index (χ3v) is 4.81. The minimum atomic E-state index is -0.620. The van der Waals surface area contributed by atoms with E-state index in [1.807, 2.05) is 30.3 Å². The van der Waals surface area contributed by atoms with E-state index in [0.29, 0.717) is 16.8 Å². The Balaban J connectivity index is 1.70. The summed E-state index contributed by atoms with van der Waals surface area (Å²) in [5.74, 6) is -0.705. The molecular weight excluding hydrogens is 376 g/mol. The molecule has 144 valence electrons. The number of hydrogen-bond donors (Lipinski definition) is 1. The van der Waals surface area contributed by atoms with Crippen molar-refractivity contribution in [2.75, 3.05) is 11.9 Å². The van der Waals surface area contributed by atoms with Crippen molar-refractivity contribution in [1.82, 2.24) is 4.98 Å². The van der Waals surface area contributed by atoms with Crippen molar-refractivity contribution in [1.29, 1.82) is 0 Å². The Bertz CT molecular complexity index is 1020. The number of nitrogens with one attached hydrogen (secondary N) is 1. The maximum absolute atomic E-state index is 12.5. The van der Waals surface area contributed by atoms with E-state index >= 15 is 0 Å². The number of amides is 1. The van der Waals surface area contributed by atoms with Crippen LogP contribution >= 0.6 is 11.6 Å². The number of rotatable bonds is 6.